The van der Waals surface area contributed by atoms with Crippen molar-refractivity contribution in [2.45, 2.75) is 52.6 Å². The summed E-state index contributed by atoms with van der Waals surface area (Å²) in [5.74, 6) is -3.05. The normalized spacial score (nSPS) is 16.9. The van der Waals surface area contributed by atoms with Gasteiger partial charge in [-0.3, -0.25) is 19.3 Å². The largest absolute Gasteiger partial charge is 0.480 e. The highest BCUT2D eigenvalue weighted by molar-refractivity contribution is 6.22. The van der Waals surface area contributed by atoms with Gasteiger partial charge in [0.25, 0.3) is 11.8 Å². The van der Waals surface area contributed by atoms with Crippen LogP contribution >= 0.6 is 0 Å². The van der Waals surface area contributed by atoms with Gasteiger partial charge in [0.05, 0.1) is 11.1 Å². The lowest BCUT2D eigenvalue weighted by Crippen LogP contribution is -2.56. The Hall–Kier alpha value is -2.70. The number of hydrogen-bond acceptors (Lipinski definition) is 4. The van der Waals surface area contributed by atoms with Crippen LogP contribution in [0.2, 0.25) is 0 Å². The van der Waals surface area contributed by atoms with Crippen molar-refractivity contribution in [1.29, 1.82) is 0 Å². The smallest absolute Gasteiger partial charge is 0.326 e. The van der Waals surface area contributed by atoms with Gasteiger partial charge < -0.3 is 10.4 Å². The molecule has 146 valence electrons. The molecule has 1 aliphatic heterocycles. The Morgan fingerprint density at radius 2 is 1.59 bits per heavy atom. The number of imide groups is 1. The second-order valence-electron chi connectivity index (χ2n) is 7.39. The SMILES string of the molecule is CCC(C)C(C(=O)NC(CC(C)C)C(=O)O)N1C(=O)c2ccccc2C1=O. The fraction of sp³-hybridized carbons (Fsp3) is 0.500. The summed E-state index contributed by atoms with van der Waals surface area (Å²) < 4.78 is 0. The Bertz CT molecular complexity index is 723. The van der Waals surface area contributed by atoms with Crippen LogP contribution in [0, 0.1) is 11.8 Å². The van der Waals surface area contributed by atoms with E-state index in [1.807, 2.05) is 20.8 Å². The number of rotatable bonds is 8. The predicted octanol–water partition coefficient (Wildman–Crippen LogP) is 2.31. The van der Waals surface area contributed by atoms with Crippen LogP contribution in [0.3, 0.4) is 0 Å². The number of carbonyl (C=O) groups excluding carboxylic acids is 3. The van der Waals surface area contributed by atoms with Crippen LogP contribution < -0.4 is 5.32 Å². The van der Waals surface area contributed by atoms with E-state index in [2.05, 4.69) is 5.32 Å². The molecule has 0 radical (unpaired) electrons. The third-order valence-corrected chi connectivity index (χ3v) is 4.88. The first-order valence-corrected chi connectivity index (χ1v) is 9.19. The summed E-state index contributed by atoms with van der Waals surface area (Å²) >= 11 is 0. The third kappa shape index (κ3) is 4.18. The Labute approximate surface area is 158 Å². The minimum Gasteiger partial charge on any atom is -0.480 e. The average molecular weight is 374 g/mol. The van der Waals surface area contributed by atoms with Crippen molar-refractivity contribution in [1.82, 2.24) is 10.2 Å². The van der Waals surface area contributed by atoms with Crippen molar-refractivity contribution >= 4 is 23.7 Å². The van der Waals surface area contributed by atoms with Crippen molar-refractivity contribution in [3.05, 3.63) is 35.4 Å². The number of nitrogens with one attached hydrogen (secondary N) is 1. The molecule has 1 aromatic rings. The number of amides is 3. The van der Waals surface area contributed by atoms with Gasteiger partial charge in [-0.1, -0.05) is 46.2 Å². The molecule has 0 aliphatic carbocycles. The highest BCUT2D eigenvalue weighted by atomic mass is 16.4. The molecular formula is C20H26N2O5. The summed E-state index contributed by atoms with van der Waals surface area (Å²) in [6, 6.07) is 4.31. The van der Waals surface area contributed by atoms with Gasteiger partial charge in [0.15, 0.2) is 0 Å². The van der Waals surface area contributed by atoms with E-state index in [1.165, 1.54) is 0 Å². The van der Waals surface area contributed by atoms with Crippen LogP contribution in [0.1, 0.15) is 61.3 Å². The molecule has 1 heterocycles. The molecule has 0 saturated carbocycles. The summed E-state index contributed by atoms with van der Waals surface area (Å²) in [4.78, 5) is 51.0. The number of hydrogen-bond donors (Lipinski definition) is 2. The molecule has 7 nitrogen and oxygen atoms in total. The maximum atomic E-state index is 12.9. The summed E-state index contributed by atoms with van der Waals surface area (Å²) in [5.41, 5.74) is 0.529. The summed E-state index contributed by atoms with van der Waals surface area (Å²) in [7, 11) is 0. The number of fused-ring (bicyclic) bond motifs is 1. The maximum absolute atomic E-state index is 12.9. The molecule has 2 N–H and O–H groups in total. The van der Waals surface area contributed by atoms with Gasteiger partial charge in [-0.15, -0.1) is 0 Å². The average Bonchev–Trinajstić information content (AvgIpc) is 2.86. The Kier molecular flexibility index (Phi) is 6.36. The lowest BCUT2D eigenvalue weighted by atomic mass is 9.95. The predicted molar refractivity (Wildman–Crippen MR) is 99.2 cm³/mol. The molecule has 0 saturated heterocycles. The molecular weight excluding hydrogens is 348 g/mol. The number of benzene rings is 1. The standard InChI is InChI=1S/C20H26N2O5/c1-5-12(4)16(17(23)21-15(20(26)27)10-11(2)3)22-18(24)13-8-6-7-9-14(13)19(22)25/h6-9,11-12,15-16H,5,10H2,1-4H3,(H,21,23)(H,26,27). The fourth-order valence-corrected chi connectivity index (χ4v) is 3.26. The van der Waals surface area contributed by atoms with Crippen LogP contribution in [-0.4, -0.2) is 45.8 Å². The van der Waals surface area contributed by atoms with E-state index in [0.717, 1.165) is 4.90 Å². The first kappa shape index (κ1) is 20.6. The quantitative estimate of drug-likeness (QED) is 0.680. The van der Waals surface area contributed by atoms with Crippen molar-refractivity contribution in [2.75, 3.05) is 0 Å². The van der Waals surface area contributed by atoms with Gasteiger partial charge in [-0.2, -0.15) is 0 Å². The minimum absolute atomic E-state index is 0.0627. The number of carboxylic acid groups (broad SMARTS) is 1. The Balaban J connectivity index is 2.33. The zero-order valence-electron chi connectivity index (χ0n) is 16.1. The fourth-order valence-electron chi connectivity index (χ4n) is 3.26. The van der Waals surface area contributed by atoms with Gasteiger partial charge in [0.1, 0.15) is 12.1 Å². The highest BCUT2D eigenvalue weighted by Crippen LogP contribution is 2.28. The summed E-state index contributed by atoms with van der Waals surface area (Å²) in [5, 5.41) is 11.9. The second kappa shape index (κ2) is 8.33. The number of carbonyl (C=O) groups is 4. The van der Waals surface area contributed by atoms with Gasteiger partial charge in [-0.05, 0) is 30.4 Å². The molecule has 3 atom stereocenters. The van der Waals surface area contributed by atoms with Gasteiger partial charge in [0, 0.05) is 0 Å². The Morgan fingerprint density at radius 3 is 2.00 bits per heavy atom. The molecule has 3 unspecified atom stereocenters. The molecule has 3 amide bonds. The van der Waals surface area contributed by atoms with E-state index in [1.54, 1.807) is 31.2 Å². The van der Waals surface area contributed by atoms with E-state index in [9.17, 15) is 24.3 Å². The third-order valence-electron chi connectivity index (χ3n) is 4.88. The van der Waals surface area contributed by atoms with E-state index in [4.69, 9.17) is 0 Å². The van der Waals surface area contributed by atoms with Gasteiger partial charge >= 0.3 is 5.97 Å². The van der Waals surface area contributed by atoms with Gasteiger partial charge in [-0.25, -0.2) is 4.79 Å². The lowest BCUT2D eigenvalue weighted by molar-refractivity contribution is -0.143. The summed E-state index contributed by atoms with van der Waals surface area (Å²) in [6.45, 7) is 7.34. The molecule has 0 spiro atoms. The Morgan fingerprint density at radius 1 is 1.07 bits per heavy atom. The second-order valence-corrected chi connectivity index (χ2v) is 7.39. The van der Waals surface area contributed by atoms with Crippen LogP contribution in [0.5, 0.6) is 0 Å². The van der Waals surface area contributed by atoms with Crippen molar-refractivity contribution in [3.63, 3.8) is 0 Å². The first-order valence-electron chi connectivity index (χ1n) is 9.19. The van der Waals surface area contributed by atoms with Crippen molar-refractivity contribution < 1.29 is 24.3 Å². The highest BCUT2D eigenvalue weighted by Gasteiger charge is 2.45. The van der Waals surface area contributed by atoms with Crippen LogP contribution in [0.4, 0.5) is 0 Å². The molecule has 2 rings (SSSR count). The van der Waals surface area contributed by atoms with Crippen molar-refractivity contribution in [2.24, 2.45) is 11.8 Å². The number of nitrogens with zero attached hydrogens (tertiary/aromatic N) is 1. The molecule has 27 heavy (non-hydrogen) atoms. The monoisotopic (exact) mass is 374 g/mol. The van der Waals surface area contributed by atoms with E-state index in [-0.39, 0.29) is 29.4 Å². The lowest BCUT2D eigenvalue weighted by Gasteiger charge is -2.31. The number of carboxylic acids is 1. The van der Waals surface area contributed by atoms with Gasteiger partial charge in [0.2, 0.25) is 5.91 Å². The molecule has 0 bridgehead atoms. The minimum atomic E-state index is -1.14. The first-order chi connectivity index (χ1) is 12.7. The molecule has 0 fully saturated rings. The molecule has 7 heteroatoms. The van der Waals surface area contributed by atoms with E-state index < -0.39 is 35.8 Å². The molecule has 1 aliphatic rings. The molecule has 0 aromatic heterocycles. The van der Waals surface area contributed by atoms with Crippen LogP contribution in [0.15, 0.2) is 24.3 Å². The van der Waals surface area contributed by atoms with Crippen LogP contribution in [-0.2, 0) is 9.59 Å². The zero-order chi connectivity index (χ0) is 20.3. The topological polar surface area (TPSA) is 104 Å². The number of aliphatic carboxylic acids is 1. The summed E-state index contributed by atoms with van der Waals surface area (Å²) in [6.07, 6.45) is 0.809. The zero-order valence-corrected chi connectivity index (χ0v) is 16.1. The van der Waals surface area contributed by atoms with Crippen molar-refractivity contribution in [3.8, 4) is 0 Å². The molecule has 1 aromatic carbocycles. The maximum Gasteiger partial charge on any atom is 0.326 e. The van der Waals surface area contributed by atoms with Crippen LogP contribution in [0.25, 0.3) is 0 Å². The van der Waals surface area contributed by atoms with E-state index in [0.29, 0.717) is 6.42 Å². The van der Waals surface area contributed by atoms with E-state index >= 15 is 0 Å².